The summed E-state index contributed by atoms with van der Waals surface area (Å²) in [5.74, 6) is 1.61. The van der Waals surface area contributed by atoms with E-state index in [1.165, 1.54) is 0 Å². The molecule has 0 bridgehead atoms. The van der Waals surface area contributed by atoms with E-state index in [2.05, 4.69) is 13.8 Å². The van der Waals surface area contributed by atoms with Crippen LogP contribution in [0.1, 0.15) is 65.2 Å². The van der Waals surface area contributed by atoms with Gasteiger partial charge >= 0.3 is 0 Å². The van der Waals surface area contributed by atoms with Crippen molar-refractivity contribution in [3.8, 4) is 0 Å². The van der Waals surface area contributed by atoms with Crippen molar-refractivity contribution in [3.05, 3.63) is 0 Å². The maximum Gasteiger partial charge on any atom is 0.167 e. The van der Waals surface area contributed by atoms with Gasteiger partial charge < -0.3 is 9.47 Å². The van der Waals surface area contributed by atoms with Gasteiger partial charge in [-0.25, -0.2) is 0 Å². The number of Topliss-reactive ketones (excluding diaryl/α,β-unsaturated/α-hetero) is 2. The molecule has 4 fully saturated rings. The van der Waals surface area contributed by atoms with Gasteiger partial charge in [-0.1, -0.05) is 13.8 Å². The lowest BCUT2D eigenvalue weighted by atomic mass is 9.44. The average molecular weight is 348 g/mol. The molecular formula is C21H32O4. The molecule has 0 unspecified atom stereocenters. The van der Waals surface area contributed by atoms with E-state index in [0.717, 1.165) is 38.5 Å². The first-order valence-electron chi connectivity index (χ1n) is 9.96. The summed E-state index contributed by atoms with van der Waals surface area (Å²) in [6.45, 7) is 4.40. The van der Waals surface area contributed by atoms with Gasteiger partial charge in [0, 0.05) is 51.2 Å². The quantitative estimate of drug-likeness (QED) is 0.713. The monoisotopic (exact) mass is 348 g/mol. The van der Waals surface area contributed by atoms with Gasteiger partial charge in [0.15, 0.2) is 5.79 Å². The van der Waals surface area contributed by atoms with Crippen LogP contribution in [0.15, 0.2) is 0 Å². The maximum absolute atomic E-state index is 13.3. The van der Waals surface area contributed by atoms with Crippen LogP contribution in [-0.2, 0) is 19.1 Å². The molecule has 0 N–H and O–H groups in total. The predicted molar refractivity (Wildman–Crippen MR) is 93.9 cm³/mol. The minimum Gasteiger partial charge on any atom is -0.353 e. The highest BCUT2D eigenvalue weighted by Gasteiger charge is 2.64. The Labute approximate surface area is 151 Å². The van der Waals surface area contributed by atoms with Gasteiger partial charge in [0.05, 0.1) is 0 Å². The Morgan fingerprint density at radius 2 is 1.72 bits per heavy atom. The van der Waals surface area contributed by atoms with E-state index in [1.807, 2.05) is 0 Å². The van der Waals surface area contributed by atoms with E-state index < -0.39 is 5.79 Å². The van der Waals surface area contributed by atoms with E-state index in [4.69, 9.17) is 9.47 Å². The first kappa shape index (κ1) is 17.7. The van der Waals surface area contributed by atoms with Crippen LogP contribution in [-0.4, -0.2) is 31.6 Å². The Balaban J connectivity index is 1.66. The molecule has 4 saturated carbocycles. The lowest BCUT2D eigenvalue weighted by molar-refractivity contribution is -0.258. The Bertz CT molecular complexity index is 595. The standard InChI is InChI=1S/C21H32O4/c1-19-9-10-21(24-3,25-4)11-13(19)5-6-14-15-7-8-17(23)20(15,2)12-16(22)18(14)19/h13-15,18H,5-12H2,1-4H3/t13-,14-,15-,18+,19-,20-/m0/s1. The van der Waals surface area contributed by atoms with Crippen molar-refractivity contribution in [2.45, 2.75) is 71.0 Å². The molecule has 4 nitrogen and oxygen atoms in total. The van der Waals surface area contributed by atoms with Gasteiger partial charge in [0.1, 0.15) is 11.6 Å². The largest absolute Gasteiger partial charge is 0.353 e. The van der Waals surface area contributed by atoms with Crippen molar-refractivity contribution in [1.82, 2.24) is 0 Å². The molecule has 4 aliphatic carbocycles. The number of hydrogen-bond acceptors (Lipinski definition) is 4. The van der Waals surface area contributed by atoms with E-state index >= 15 is 0 Å². The second-order valence-corrected chi connectivity index (χ2v) is 9.57. The Morgan fingerprint density at radius 1 is 1.00 bits per heavy atom. The minimum absolute atomic E-state index is 0.0352. The molecule has 140 valence electrons. The smallest absolute Gasteiger partial charge is 0.167 e. The number of carbonyl (C=O) groups is 2. The van der Waals surface area contributed by atoms with Crippen LogP contribution in [0, 0.1) is 34.5 Å². The van der Waals surface area contributed by atoms with Crippen molar-refractivity contribution < 1.29 is 19.1 Å². The van der Waals surface area contributed by atoms with Crippen molar-refractivity contribution in [3.63, 3.8) is 0 Å². The van der Waals surface area contributed by atoms with Crippen molar-refractivity contribution in [1.29, 1.82) is 0 Å². The molecule has 0 aromatic heterocycles. The first-order valence-corrected chi connectivity index (χ1v) is 9.96. The molecule has 4 rings (SSSR count). The van der Waals surface area contributed by atoms with Crippen LogP contribution >= 0.6 is 0 Å². The highest BCUT2D eigenvalue weighted by atomic mass is 16.7. The molecule has 0 aromatic rings. The minimum atomic E-state index is -0.480. The fraction of sp³-hybridized carbons (Fsp3) is 0.905. The summed E-state index contributed by atoms with van der Waals surface area (Å²) in [6.07, 6.45) is 7.05. The van der Waals surface area contributed by atoms with Crippen LogP contribution in [0.4, 0.5) is 0 Å². The fourth-order valence-corrected chi connectivity index (χ4v) is 7.24. The number of hydrogen-bond donors (Lipinski definition) is 0. The summed E-state index contributed by atoms with van der Waals surface area (Å²) < 4.78 is 11.5. The van der Waals surface area contributed by atoms with Crippen molar-refractivity contribution in [2.24, 2.45) is 34.5 Å². The molecule has 0 aromatic carbocycles. The molecule has 0 heterocycles. The molecule has 0 radical (unpaired) electrons. The van der Waals surface area contributed by atoms with Gasteiger partial charge in [0.2, 0.25) is 0 Å². The number of rotatable bonds is 2. The molecule has 0 saturated heterocycles. The van der Waals surface area contributed by atoms with Gasteiger partial charge in [-0.15, -0.1) is 0 Å². The van der Waals surface area contributed by atoms with E-state index in [9.17, 15) is 9.59 Å². The lowest BCUT2D eigenvalue weighted by Crippen LogP contribution is -2.59. The second kappa shape index (κ2) is 5.63. The number of methoxy groups -OCH3 is 2. The van der Waals surface area contributed by atoms with E-state index in [1.54, 1.807) is 14.2 Å². The summed E-state index contributed by atoms with van der Waals surface area (Å²) in [5, 5.41) is 0. The van der Waals surface area contributed by atoms with Gasteiger partial charge in [0.25, 0.3) is 0 Å². The van der Waals surface area contributed by atoms with Gasteiger partial charge in [-0.2, -0.15) is 0 Å². The Morgan fingerprint density at radius 3 is 2.40 bits per heavy atom. The topological polar surface area (TPSA) is 52.6 Å². The van der Waals surface area contributed by atoms with Gasteiger partial charge in [-0.05, 0) is 48.9 Å². The Hall–Kier alpha value is -0.740. The molecule has 6 atom stereocenters. The summed E-state index contributed by atoms with van der Waals surface area (Å²) >= 11 is 0. The normalized spacial score (nSPS) is 48.6. The highest BCUT2D eigenvalue weighted by Crippen LogP contribution is 2.65. The zero-order valence-electron chi connectivity index (χ0n) is 16.1. The zero-order valence-corrected chi connectivity index (χ0v) is 16.1. The third kappa shape index (κ3) is 2.26. The van der Waals surface area contributed by atoms with Crippen LogP contribution in [0.5, 0.6) is 0 Å². The van der Waals surface area contributed by atoms with E-state index in [0.29, 0.717) is 42.2 Å². The van der Waals surface area contributed by atoms with Crippen molar-refractivity contribution in [2.75, 3.05) is 14.2 Å². The Kier molecular flexibility index (Phi) is 3.98. The maximum atomic E-state index is 13.3. The summed E-state index contributed by atoms with van der Waals surface area (Å²) in [5.41, 5.74) is -0.341. The average Bonchev–Trinajstić information content (AvgIpc) is 2.89. The summed E-state index contributed by atoms with van der Waals surface area (Å²) in [6, 6.07) is 0. The highest BCUT2D eigenvalue weighted by molar-refractivity contribution is 5.95. The predicted octanol–water partition coefficient (Wildman–Crippen LogP) is 3.77. The molecule has 4 heteroatoms. The molecule has 4 aliphatic rings. The number of fused-ring (bicyclic) bond motifs is 5. The van der Waals surface area contributed by atoms with Crippen molar-refractivity contribution >= 4 is 11.6 Å². The number of ether oxygens (including phenoxy) is 2. The number of ketones is 2. The molecule has 0 spiro atoms. The van der Waals surface area contributed by atoms with Crippen LogP contribution < -0.4 is 0 Å². The molecule has 0 amide bonds. The third-order valence-corrected chi connectivity index (χ3v) is 8.81. The zero-order chi connectivity index (χ0) is 18.0. The third-order valence-electron chi connectivity index (χ3n) is 8.81. The first-order chi connectivity index (χ1) is 11.8. The van der Waals surface area contributed by atoms with Gasteiger partial charge in [-0.3, -0.25) is 9.59 Å². The lowest BCUT2D eigenvalue weighted by Gasteiger charge is -2.60. The summed E-state index contributed by atoms with van der Waals surface area (Å²) in [7, 11) is 3.47. The summed E-state index contributed by atoms with van der Waals surface area (Å²) in [4.78, 5) is 25.8. The van der Waals surface area contributed by atoms with Crippen LogP contribution in [0.25, 0.3) is 0 Å². The fourth-order valence-electron chi connectivity index (χ4n) is 7.24. The van der Waals surface area contributed by atoms with E-state index in [-0.39, 0.29) is 16.7 Å². The molecular weight excluding hydrogens is 316 g/mol. The van der Waals surface area contributed by atoms with Crippen LogP contribution in [0.3, 0.4) is 0 Å². The second-order valence-electron chi connectivity index (χ2n) is 9.57. The van der Waals surface area contributed by atoms with Crippen LogP contribution in [0.2, 0.25) is 0 Å². The molecule has 0 aliphatic heterocycles. The molecule has 25 heavy (non-hydrogen) atoms. The number of carbonyl (C=O) groups excluding carboxylic acids is 2. The SMILES string of the molecule is COC1(OC)CC[C@@]2(C)[C@@H](CC[C@@H]3[C@@H]2C(=O)C[C@]2(C)C(=O)CC[C@@H]32)C1.